The molecule has 0 aliphatic heterocycles. The molecule has 0 spiro atoms. The Balaban J connectivity index is 1.75. The van der Waals surface area contributed by atoms with Gasteiger partial charge in [0.1, 0.15) is 5.75 Å². The van der Waals surface area contributed by atoms with Gasteiger partial charge in [0, 0.05) is 17.6 Å². The standard InChI is InChI=1S/C18H24N2O2S2/c1-13(2)24-12-15-11-17(21)20-18(19-15)23-10-4-9-22-16-7-5-14(3)6-8-16/h5-8,11,13H,4,9-10,12H2,1-3H3,(H,19,20,21). The van der Waals surface area contributed by atoms with Crippen LogP contribution >= 0.6 is 23.5 Å². The third-order valence-electron chi connectivity index (χ3n) is 3.15. The van der Waals surface area contributed by atoms with Crippen molar-refractivity contribution < 1.29 is 4.74 Å². The monoisotopic (exact) mass is 364 g/mol. The van der Waals surface area contributed by atoms with Crippen molar-refractivity contribution in [2.24, 2.45) is 0 Å². The summed E-state index contributed by atoms with van der Waals surface area (Å²) >= 11 is 3.35. The van der Waals surface area contributed by atoms with Crippen LogP contribution in [-0.2, 0) is 5.75 Å². The highest BCUT2D eigenvalue weighted by atomic mass is 32.2. The van der Waals surface area contributed by atoms with Crippen molar-refractivity contribution in [2.75, 3.05) is 12.4 Å². The first-order chi connectivity index (χ1) is 11.5. The predicted molar refractivity (Wildman–Crippen MR) is 103 cm³/mol. The lowest BCUT2D eigenvalue weighted by Gasteiger charge is -2.07. The van der Waals surface area contributed by atoms with Crippen molar-refractivity contribution >= 4 is 23.5 Å². The summed E-state index contributed by atoms with van der Waals surface area (Å²) in [5.74, 6) is 2.52. The number of aromatic amines is 1. The molecule has 2 aromatic rings. The van der Waals surface area contributed by atoms with Crippen molar-refractivity contribution in [2.45, 2.75) is 43.4 Å². The number of hydrogen-bond donors (Lipinski definition) is 1. The van der Waals surface area contributed by atoms with Gasteiger partial charge in [-0.05, 0) is 30.7 Å². The highest BCUT2D eigenvalue weighted by molar-refractivity contribution is 7.99. The lowest BCUT2D eigenvalue weighted by molar-refractivity contribution is 0.318. The van der Waals surface area contributed by atoms with Crippen molar-refractivity contribution in [1.29, 1.82) is 0 Å². The number of aromatic nitrogens is 2. The number of rotatable bonds is 9. The zero-order valence-electron chi connectivity index (χ0n) is 14.4. The van der Waals surface area contributed by atoms with Gasteiger partial charge in [-0.3, -0.25) is 4.79 Å². The molecule has 130 valence electrons. The molecule has 0 aliphatic carbocycles. The molecule has 0 saturated carbocycles. The average Bonchev–Trinajstić information content (AvgIpc) is 2.54. The molecule has 6 heteroatoms. The van der Waals surface area contributed by atoms with E-state index < -0.39 is 0 Å². The van der Waals surface area contributed by atoms with Gasteiger partial charge in [-0.1, -0.05) is 43.3 Å². The van der Waals surface area contributed by atoms with E-state index in [1.165, 1.54) is 5.56 Å². The third kappa shape index (κ3) is 7.01. The maximum absolute atomic E-state index is 11.7. The Morgan fingerprint density at radius 3 is 2.71 bits per heavy atom. The van der Waals surface area contributed by atoms with E-state index in [9.17, 15) is 4.79 Å². The number of nitrogens with zero attached hydrogens (tertiary/aromatic N) is 1. The molecule has 1 heterocycles. The minimum atomic E-state index is -0.0808. The second-order valence-electron chi connectivity index (χ2n) is 5.77. The molecule has 0 unspecified atom stereocenters. The Hall–Kier alpha value is -1.40. The molecule has 0 atom stereocenters. The molecule has 0 bridgehead atoms. The largest absolute Gasteiger partial charge is 0.494 e. The Morgan fingerprint density at radius 2 is 2.00 bits per heavy atom. The summed E-state index contributed by atoms with van der Waals surface area (Å²) < 4.78 is 5.70. The maximum atomic E-state index is 11.7. The smallest absolute Gasteiger partial charge is 0.251 e. The molecule has 1 aromatic carbocycles. The van der Waals surface area contributed by atoms with Gasteiger partial charge in [0.15, 0.2) is 5.16 Å². The maximum Gasteiger partial charge on any atom is 0.251 e. The van der Waals surface area contributed by atoms with Crippen LogP contribution in [-0.4, -0.2) is 27.6 Å². The minimum absolute atomic E-state index is 0.0808. The summed E-state index contributed by atoms with van der Waals surface area (Å²) in [4.78, 5) is 19.0. The van der Waals surface area contributed by atoms with Crippen LogP contribution in [0.4, 0.5) is 0 Å². The van der Waals surface area contributed by atoms with Gasteiger partial charge < -0.3 is 9.72 Å². The van der Waals surface area contributed by atoms with Gasteiger partial charge in [0.05, 0.1) is 12.3 Å². The summed E-state index contributed by atoms with van der Waals surface area (Å²) in [6.45, 7) is 6.99. The molecule has 1 aromatic heterocycles. The van der Waals surface area contributed by atoms with E-state index >= 15 is 0 Å². The molecular formula is C18H24N2O2S2. The van der Waals surface area contributed by atoms with E-state index in [1.54, 1.807) is 29.6 Å². The summed E-state index contributed by atoms with van der Waals surface area (Å²) in [6, 6.07) is 9.63. The average molecular weight is 365 g/mol. The first-order valence-electron chi connectivity index (χ1n) is 8.07. The fraction of sp³-hybridized carbons (Fsp3) is 0.444. The number of nitrogens with one attached hydrogen (secondary N) is 1. The zero-order valence-corrected chi connectivity index (χ0v) is 16.0. The third-order valence-corrected chi connectivity index (χ3v) is 5.24. The Bertz CT molecular complexity index is 684. The summed E-state index contributed by atoms with van der Waals surface area (Å²) in [5, 5.41) is 1.22. The molecule has 4 nitrogen and oxygen atoms in total. The zero-order chi connectivity index (χ0) is 17.4. The fourth-order valence-corrected chi connectivity index (χ4v) is 3.39. The topological polar surface area (TPSA) is 55.0 Å². The van der Waals surface area contributed by atoms with Crippen molar-refractivity contribution in [1.82, 2.24) is 9.97 Å². The van der Waals surface area contributed by atoms with E-state index in [2.05, 4.69) is 30.7 Å². The molecule has 24 heavy (non-hydrogen) atoms. The predicted octanol–water partition coefficient (Wildman–Crippen LogP) is 4.28. The number of thioether (sulfide) groups is 2. The van der Waals surface area contributed by atoms with Crippen LogP contribution in [0.3, 0.4) is 0 Å². The molecule has 0 aliphatic rings. The molecule has 0 amide bonds. The highest BCUT2D eigenvalue weighted by Gasteiger charge is 2.04. The number of hydrogen-bond acceptors (Lipinski definition) is 5. The number of benzene rings is 1. The molecule has 1 N–H and O–H groups in total. The number of H-pyrrole nitrogens is 1. The molecule has 0 saturated heterocycles. The van der Waals surface area contributed by atoms with Crippen LogP contribution in [0.1, 0.15) is 31.5 Å². The van der Waals surface area contributed by atoms with Crippen molar-refractivity contribution in [3.05, 3.63) is 51.9 Å². The second-order valence-corrected chi connectivity index (χ2v) is 8.41. The SMILES string of the molecule is Cc1ccc(OCCCSc2nc(CSC(C)C)cc(=O)[nH]2)cc1. The Labute approximate surface area is 151 Å². The minimum Gasteiger partial charge on any atom is -0.494 e. The Kier molecular flexibility index (Phi) is 7.72. The van der Waals surface area contributed by atoms with Gasteiger partial charge in [-0.15, -0.1) is 0 Å². The van der Waals surface area contributed by atoms with Gasteiger partial charge >= 0.3 is 0 Å². The van der Waals surface area contributed by atoms with Gasteiger partial charge in [0.2, 0.25) is 0 Å². The van der Waals surface area contributed by atoms with Crippen LogP contribution in [0.5, 0.6) is 5.75 Å². The van der Waals surface area contributed by atoms with E-state index in [1.807, 2.05) is 24.3 Å². The van der Waals surface area contributed by atoms with E-state index in [-0.39, 0.29) is 5.56 Å². The fourth-order valence-electron chi connectivity index (χ4n) is 1.93. The molecular weight excluding hydrogens is 340 g/mol. The van der Waals surface area contributed by atoms with Crippen LogP contribution in [0.2, 0.25) is 0 Å². The van der Waals surface area contributed by atoms with Crippen LogP contribution in [0, 0.1) is 6.92 Å². The van der Waals surface area contributed by atoms with Gasteiger partial charge in [0.25, 0.3) is 5.56 Å². The van der Waals surface area contributed by atoms with Crippen molar-refractivity contribution in [3.63, 3.8) is 0 Å². The first kappa shape index (κ1) is 18.9. The normalized spacial score (nSPS) is 11.0. The summed E-state index contributed by atoms with van der Waals surface area (Å²) in [6.07, 6.45) is 0.896. The summed E-state index contributed by atoms with van der Waals surface area (Å²) in [7, 11) is 0. The number of ether oxygens (including phenoxy) is 1. The Morgan fingerprint density at radius 1 is 1.25 bits per heavy atom. The highest BCUT2D eigenvalue weighted by Crippen LogP contribution is 2.18. The lowest BCUT2D eigenvalue weighted by atomic mass is 10.2. The first-order valence-corrected chi connectivity index (χ1v) is 10.1. The van der Waals surface area contributed by atoms with Crippen LogP contribution < -0.4 is 10.3 Å². The molecule has 0 fully saturated rings. The van der Waals surface area contributed by atoms with Crippen LogP contribution in [0.15, 0.2) is 40.3 Å². The quantitative estimate of drug-likeness (QED) is 0.409. The lowest BCUT2D eigenvalue weighted by Crippen LogP contribution is -2.10. The van der Waals surface area contributed by atoms with Crippen LogP contribution in [0.25, 0.3) is 0 Å². The summed E-state index contributed by atoms with van der Waals surface area (Å²) in [5.41, 5.74) is 1.99. The van der Waals surface area contributed by atoms with E-state index in [0.29, 0.717) is 17.0 Å². The van der Waals surface area contributed by atoms with E-state index in [4.69, 9.17) is 4.74 Å². The van der Waals surface area contributed by atoms with E-state index in [0.717, 1.165) is 29.4 Å². The second kappa shape index (κ2) is 9.79. The van der Waals surface area contributed by atoms with Crippen molar-refractivity contribution in [3.8, 4) is 5.75 Å². The molecule has 0 radical (unpaired) electrons. The molecule has 2 rings (SSSR count). The van der Waals surface area contributed by atoms with Gasteiger partial charge in [-0.25, -0.2) is 4.98 Å². The van der Waals surface area contributed by atoms with Gasteiger partial charge in [-0.2, -0.15) is 11.8 Å². The number of aryl methyl sites for hydroxylation is 1.